The fraction of sp³-hybridized carbons (Fsp3) is 0.217. The molecule has 2 aromatic carbocycles. The van der Waals surface area contributed by atoms with E-state index in [2.05, 4.69) is 21.2 Å². The number of rotatable bonds is 5. The number of aliphatic hydroxyl groups is 1. The Morgan fingerprint density at radius 3 is 2.32 bits per heavy atom. The number of urea groups is 1. The Hall–Kier alpha value is -3.31. The van der Waals surface area contributed by atoms with Crippen LogP contribution in [0.4, 0.5) is 18.0 Å². The topological polar surface area (TPSA) is 101 Å². The lowest BCUT2D eigenvalue weighted by atomic mass is 9.79. The highest BCUT2D eigenvalue weighted by atomic mass is 79.9. The molecule has 3 atom stereocenters. The van der Waals surface area contributed by atoms with E-state index in [0.29, 0.717) is 17.1 Å². The standard InChI is InChI=1S/C23H18BrF3N2O5/c1-33-15-8-4-13(5-9-15)20(30)18-19(28-21(31)29-22(18,32)23(25,26)27)17-11-10-16(34-17)12-2-6-14(24)7-3-12/h2-11,18-19,32H,1H3,(H2,28,29,31)/t18-,19+,22+/m0/s1. The number of carbonyl (C=O) groups excluding carboxylic acids is 2. The smallest absolute Gasteiger partial charge is 0.437 e. The zero-order valence-corrected chi connectivity index (χ0v) is 19.1. The van der Waals surface area contributed by atoms with Crippen LogP contribution < -0.4 is 15.4 Å². The van der Waals surface area contributed by atoms with Gasteiger partial charge in [0.15, 0.2) is 5.78 Å². The van der Waals surface area contributed by atoms with Crippen LogP contribution in [0.15, 0.2) is 69.6 Å². The van der Waals surface area contributed by atoms with E-state index in [1.165, 1.54) is 48.8 Å². The van der Waals surface area contributed by atoms with Crippen LogP contribution in [0.25, 0.3) is 11.3 Å². The third-order valence-corrected chi connectivity index (χ3v) is 6.05. The predicted molar refractivity (Wildman–Crippen MR) is 118 cm³/mol. The lowest BCUT2D eigenvalue weighted by Crippen LogP contribution is -2.72. The fourth-order valence-electron chi connectivity index (χ4n) is 3.80. The molecule has 1 aromatic heterocycles. The molecule has 1 saturated heterocycles. The molecule has 1 aliphatic heterocycles. The fourth-order valence-corrected chi connectivity index (χ4v) is 4.06. The van der Waals surface area contributed by atoms with Crippen LogP contribution >= 0.6 is 15.9 Å². The van der Waals surface area contributed by atoms with E-state index in [1.807, 2.05) is 0 Å². The molecule has 178 valence electrons. The number of nitrogens with one attached hydrogen (secondary N) is 2. The van der Waals surface area contributed by atoms with Crippen LogP contribution in [-0.4, -0.2) is 35.9 Å². The second kappa shape index (κ2) is 8.80. The number of ketones is 1. The number of hydrogen-bond donors (Lipinski definition) is 3. The summed E-state index contributed by atoms with van der Waals surface area (Å²) < 4.78 is 53.7. The van der Waals surface area contributed by atoms with Gasteiger partial charge in [-0.2, -0.15) is 13.2 Å². The van der Waals surface area contributed by atoms with Crippen molar-refractivity contribution in [2.75, 3.05) is 7.11 Å². The molecule has 34 heavy (non-hydrogen) atoms. The van der Waals surface area contributed by atoms with Crippen LogP contribution in [0.2, 0.25) is 0 Å². The van der Waals surface area contributed by atoms with Gasteiger partial charge in [0.2, 0.25) is 5.72 Å². The SMILES string of the molecule is COc1ccc(C(=O)[C@@H]2[C@@H](c3ccc(-c4ccc(Br)cc4)o3)NC(=O)N[C@]2(O)C(F)(F)F)cc1. The van der Waals surface area contributed by atoms with Gasteiger partial charge in [-0.1, -0.05) is 28.1 Å². The Bertz CT molecular complexity index is 1210. The molecule has 2 amide bonds. The molecule has 0 spiro atoms. The van der Waals surface area contributed by atoms with Crippen molar-refractivity contribution in [2.45, 2.75) is 17.9 Å². The van der Waals surface area contributed by atoms with Gasteiger partial charge < -0.3 is 24.9 Å². The second-order valence-corrected chi connectivity index (χ2v) is 8.54. The van der Waals surface area contributed by atoms with Gasteiger partial charge in [0, 0.05) is 15.6 Å². The highest BCUT2D eigenvalue weighted by Crippen LogP contribution is 2.44. The molecule has 7 nitrogen and oxygen atoms in total. The van der Waals surface area contributed by atoms with E-state index in [0.717, 1.165) is 4.47 Å². The average Bonchev–Trinajstić information content (AvgIpc) is 3.28. The monoisotopic (exact) mass is 538 g/mol. The Morgan fingerprint density at radius 1 is 1.09 bits per heavy atom. The van der Waals surface area contributed by atoms with E-state index in [4.69, 9.17) is 9.15 Å². The molecule has 1 fully saturated rings. The number of furan rings is 1. The van der Waals surface area contributed by atoms with Crippen LogP contribution in [0.3, 0.4) is 0 Å². The van der Waals surface area contributed by atoms with Crippen molar-refractivity contribution in [3.05, 3.63) is 76.5 Å². The van der Waals surface area contributed by atoms with Crippen LogP contribution in [0.5, 0.6) is 5.75 Å². The van der Waals surface area contributed by atoms with Crippen molar-refractivity contribution in [2.24, 2.45) is 5.92 Å². The highest BCUT2D eigenvalue weighted by molar-refractivity contribution is 9.10. The van der Waals surface area contributed by atoms with Gasteiger partial charge in [-0.05, 0) is 48.5 Å². The lowest BCUT2D eigenvalue weighted by Gasteiger charge is -2.44. The van der Waals surface area contributed by atoms with Crippen molar-refractivity contribution in [3.63, 3.8) is 0 Å². The van der Waals surface area contributed by atoms with Crippen molar-refractivity contribution in [3.8, 4) is 17.1 Å². The Labute approximate surface area is 200 Å². The molecular weight excluding hydrogens is 521 g/mol. The second-order valence-electron chi connectivity index (χ2n) is 7.62. The van der Waals surface area contributed by atoms with Crippen molar-refractivity contribution in [1.82, 2.24) is 10.6 Å². The summed E-state index contributed by atoms with van der Waals surface area (Å²) in [6, 6.07) is 12.3. The minimum Gasteiger partial charge on any atom is -0.497 e. The predicted octanol–water partition coefficient (Wildman–Crippen LogP) is 4.82. The highest BCUT2D eigenvalue weighted by Gasteiger charge is 2.66. The van der Waals surface area contributed by atoms with Crippen molar-refractivity contribution in [1.29, 1.82) is 0 Å². The van der Waals surface area contributed by atoms with E-state index in [9.17, 15) is 27.9 Å². The molecule has 4 rings (SSSR count). The summed E-state index contributed by atoms with van der Waals surface area (Å²) in [4.78, 5) is 25.5. The number of alkyl halides is 3. The summed E-state index contributed by atoms with van der Waals surface area (Å²) >= 11 is 3.31. The van der Waals surface area contributed by atoms with Crippen LogP contribution in [0.1, 0.15) is 22.2 Å². The molecule has 2 heterocycles. The zero-order chi connectivity index (χ0) is 24.7. The molecule has 3 aromatic rings. The van der Waals surface area contributed by atoms with Crippen LogP contribution in [-0.2, 0) is 0 Å². The Morgan fingerprint density at radius 2 is 1.74 bits per heavy atom. The number of benzene rings is 2. The third kappa shape index (κ3) is 4.28. The molecule has 0 saturated carbocycles. The van der Waals surface area contributed by atoms with Gasteiger partial charge in [-0.15, -0.1) is 0 Å². The third-order valence-electron chi connectivity index (χ3n) is 5.53. The van der Waals surface area contributed by atoms with Gasteiger partial charge >= 0.3 is 12.2 Å². The number of Topliss-reactive ketones (excluding diaryl/α,β-unsaturated/α-hetero) is 1. The van der Waals surface area contributed by atoms with E-state index < -0.39 is 35.7 Å². The van der Waals surface area contributed by atoms with Crippen LogP contribution in [0, 0.1) is 5.92 Å². The molecule has 0 unspecified atom stereocenters. The van der Waals surface area contributed by atoms with E-state index in [1.54, 1.807) is 24.3 Å². The maximum absolute atomic E-state index is 14.0. The normalized spacial score (nSPS) is 22.6. The summed E-state index contributed by atoms with van der Waals surface area (Å²) in [7, 11) is 1.40. The molecule has 0 aliphatic carbocycles. The summed E-state index contributed by atoms with van der Waals surface area (Å²) in [5.74, 6) is -2.67. The zero-order valence-electron chi connectivity index (χ0n) is 17.5. The maximum Gasteiger partial charge on any atom is 0.437 e. The number of methoxy groups -OCH3 is 1. The molecule has 1 aliphatic rings. The first-order valence-corrected chi connectivity index (χ1v) is 10.7. The minimum absolute atomic E-state index is 0.115. The number of carbonyl (C=O) groups is 2. The van der Waals surface area contributed by atoms with Crippen molar-refractivity contribution < 1.29 is 37.0 Å². The molecular formula is C23H18BrF3N2O5. The van der Waals surface area contributed by atoms with Gasteiger partial charge in [0.1, 0.15) is 29.2 Å². The minimum atomic E-state index is -5.36. The van der Waals surface area contributed by atoms with E-state index in [-0.39, 0.29) is 11.3 Å². The van der Waals surface area contributed by atoms with Gasteiger partial charge in [-0.25, -0.2) is 4.79 Å². The number of amides is 2. The quantitative estimate of drug-likeness (QED) is 0.404. The first-order valence-electron chi connectivity index (χ1n) is 9.95. The van der Waals surface area contributed by atoms with Gasteiger partial charge in [0.05, 0.1) is 7.11 Å². The van der Waals surface area contributed by atoms with Crippen molar-refractivity contribution >= 4 is 27.7 Å². The average molecular weight is 539 g/mol. The maximum atomic E-state index is 14.0. The molecule has 3 N–H and O–H groups in total. The summed E-state index contributed by atoms with van der Waals surface area (Å²) in [5, 5.41) is 14.5. The number of ether oxygens (including phenoxy) is 1. The largest absolute Gasteiger partial charge is 0.497 e. The summed E-state index contributed by atoms with van der Waals surface area (Å²) in [6.07, 6.45) is -5.36. The summed E-state index contributed by atoms with van der Waals surface area (Å²) in [5.41, 5.74) is -3.34. The summed E-state index contributed by atoms with van der Waals surface area (Å²) in [6.45, 7) is 0. The van der Waals surface area contributed by atoms with Gasteiger partial charge in [-0.3, -0.25) is 4.79 Å². The first kappa shape index (κ1) is 23.8. The lowest BCUT2D eigenvalue weighted by molar-refractivity contribution is -0.288. The number of halogens is 4. The first-order chi connectivity index (χ1) is 16.0. The molecule has 11 heteroatoms. The van der Waals surface area contributed by atoms with Gasteiger partial charge in [0.25, 0.3) is 0 Å². The Balaban J connectivity index is 1.79. The molecule has 0 bridgehead atoms. The molecule has 0 radical (unpaired) electrons. The van der Waals surface area contributed by atoms with E-state index >= 15 is 0 Å². The number of hydrogen-bond acceptors (Lipinski definition) is 5. The Kier molecular flexibility index (Phi) is 6.17.